The normalized spacial score (nSPS) is 11.3. The Balaban J connectivity index is 0.000000657. The molecule has 0 aliphatic rings. The van der Waals surface area contributed by atoms with Crippen molar-refractivity contribution in [1.29, 1.82) is 5.26 Å². The minimum atomic E-state index is -0.884. The molecule has 0 aliphatic carbocycles. The number of ether oxygens (including phenoxy) is 1. The number of carboxylic acid groups (broad SMARTS) is 2. The highest BCUT2D eigenvalue weighted by Crippen LogP contribution is 2.12. The molecule has 23 nitrogen and oxygen atoms in total. The van der Waals surface area contributed by atoms with E-state index in [1.54, 1.807) is 126 Å². The number of aliphatic hydroxyl groups excluding tert-OH is 5. The minimum Gasteiger partial charge on any atom is -0.481 e. The van der Waals surface area contributed by atoms with Crippen LogP contribution in [0.25, 0.3) is 6.08 Å². The second-order valence-corrected chi connectivity index (χ2v) is 23.7. The van der Waals surface area contributed by atoms with E-state index in [-0.39, 0.29) is 118 Å². The summed E-state index contributed by atoms with van der Waals surface area (Å²) in [4.78, 5) is 102. The van der Waals surface area contributed by atoms with Crippen LogP contribution < -0.4 is 26.6 Å². The Bertz CT molecular complexity index is 3910. The van der Waals surface area contributed by atoms with Crippen LogP contribution in [0.15, 0.2) is 127 Å². The molecule has 5 unspecified atom stereocenters. The summed E-state index contributed by atoms with van der Waals surface area (Å²) in [5.74, 6) is 20.4. The Morgan fingerprint density at radius 2 is 0.743 bits per heavy atom. The first-order chi connectivity index (χ1) is 50.3. The summed E-state index contributed by atoms with van der Waals surface area (Å²) in [5.41, 5.74) is 6.34. The molecule has 5 atom stereocenters. The molecule has 0 radical (unpaired) electrons. The maximum absolute atomic E-state index is 12.0. The number of nitrogens with zero attached hydrogens (tertiary/aromatic N) is 1. The lowest BCUT2D eigenvalue weighted by Crippen LogP contribution is -2.34. The number of carbonyl (C=O) groups is 9. The number of rotatable bonds is 31. The van der Waals surface area contributed by atoms with E-state index in [1.807, 2.05) is 49.4 Å². The van der Waals surface area contributed by atoms with Crippen molar-refractivity contribution in [2.45, 2.75) is 168 Å². The maximum Gasteiger partial charge on any atom is 0.305 e. The van der Waals surface area contributed by atoms with Crippen LogP contribution in [0.2, 0.25) is 0 Å². The lowest BCUT2D eigenvalue weighted by Gasteiger charge is -2.10. The number of aliphatic hydroxyl groups is 5. The van der Waals surface area contributed by atoms with Gasteiger partial charge in [0.15, 0.2) is 0 Å². The summed E-state index contributed by atoms with van der Waals surface area (Å²) in [6, 6.07) is 35.6. The van der Waals surface area contributed by atoms with Crippen LogP contribution in [0.1, 0.15) is 217 Å². The third-order valence-corrected chi connectivity index (χ3v) is 14.0. The highest BCUT2D eigenvalue weighted by atomic mass is 16.5. The average Bonchev–Trinajstić information content (AvgIpc) is 0.912. The van der Waals surface area contributed by atoms with Crippen molar-refractivity contribution >= 4 is 59.3 Å². The molecule has 0 bridgehead atoms. The van der Waals surface area contributed by atoms with Gasteiger partial charge in [0.05, 0.1) is 52.6 Å². The van der Waals surface area contributed by atoms with E-state index in [0.29, 0.717) is 103 Å². The Labute approximate surface area is 616 Å². The Hall–Kier alpha value is -11.2. The summed E-state index contributed by atoms with van der Waals surface area (Å²) in [5, 5.41) is 83.4. The van der Waals surface area contributed by atoms with Gasteiger partial charge in [0.25, 0.3) is 29.5 Å². The van der Waals surface area contributed by atoms with Crippen molar-refractivity contribution in [2.24, 2.45) is 0 Å². The fourth-order valence-electron chi connectivity index (χ4n) is 8.15. The van der Waals surface area contributed by atoms with Gasteiger partial charge in [-0.1, -0.05) is 103 Å². The largest absolute Gasteiger partial charge is 0.481 e. The highest BCUT2D eigenvalue weighted by Gasteiger charge is 2.14. The fraction of sp³-hybridized carbons (Fsp3) is 0.390. The Morgan fingerprint density at radius 3 is 1.07 bits per heavy atom. The molecule has 5 rings (SSSR count). The third-order valence-electron chi connectivity index (χ3n) is 14.0. The number of nitrogens with one attached hydrogen (secondary N) is 5. The molecule has 0 heterocycles. The van der Waals surface area contributed by atoms with Crippen molar-refractivity contribution < 1.29 is 83.6 Å². The quantitative estimate of drug-likeness (QED) is 0.0112. The number of carbonyl (C=O) groups excluding carboxylic acids is 7. The number of benzene rings is 5. The first kappa shape index (κ1) is 91.8. The molecular weight excluding hydrogens is 1340 g/mol. The van der Waals surface area contributed by atoms with Crippen LogP contribution in [-0.4, -0.2) is 159 Å². The monoisotopic (exact) mass is 1440 g/mol. The molecule has 0 aromatic heterocycles. The number of allylic oxidation sites excluding steroid dienone is 1. The summed E-state index contributed by atoms with van der Waals surface area (Å²) in [6.07, 6.45) is 11.9. The summed E-state index contributed by atoms with van der Waals surface area (Å²) >= 11 is 0. The van der Waals surface area contributed by atoms with Crippen LogP contribution >= 0.6 is 0 Å². The zero-order valence-electron chi connectivity index (χ0n) is 60.9. The molecule has 105 heavy (non-hydrogen) atoms. The van der Waals surface area contributed by atoms with Crippen molar-refractivity contribution in [2.75, 3.05) is 40.1 Å². The van der Waals surface area contributed by atoms with Gasteiger partial charge in [-0.3, -0.25) is 43.2 Å². The number of ketones is 1. The topological polar surface area (TPSA) is 388 Å². The molecule has 0 saturated heterocycles. The zero-order chi connectivity index (χ0) is 78.2. The molecule has 12 N–H and O–H groups in total. The van der Waals surface area contributed by atoms with Crippen LogP contribution in [-0.2, 0) is 23.9 Å². The van der Waals surface area contributed by atoms with Crippen LogP contribution in [0.3, 0.4) is 0 Å². The molecule has 5 aromatic carbocycles. The lowest BCUT2D eigenvalue weighted by molar-refractivity contribution is -0.141. The van der Waals surface area contributed by atoms with E-state index in [9.17, 15) is 43.2 Å². The zero-order valence-corrected chi connectivity index (χ0v) is 60.9. The number of methoxy groups -OCH3 is 1. The minimum absolute atomic E-state index is 0.00118. The number of carboxylic acids is 2. The van der Waals surface area contributed by atoms with Gasteiger partial charge in [-0.05, 0) is 157 Å². The summed E-state index contributed by atoms with van der Waals surface area (Å²) in [6.45, 7) is 9.98. The standard InChI is InChI=1S/C18H25NO3.C17H21NO4.C16H18N2O2.C16H19NO4.C15H17NO4/c1-3-17(21)11-6-4-5-8-15-9-7-10-16(12-15)18(22)19-14(2)13-20;1-13(12-19)18-17(21)15-9-6-8-14(11-15)7-4-3-5-10-16(20)22-2;1-13(12-19)18-16(20)15-9-6-8-14(11-15)7-4-2-3-5-10-17;1-12(11-18)17-16(21)14-8-5-7-13(10-14)6-3-2-4-9-15(19)20;1-11(10-17)16-15(20)13-7-4-6-12(9-13)5-2-3-8-14(18)19/h5,7-10,12,14,20H,3-4,6,11,13H2,1-2H3,(H,19,22);6,8-9,11,13,19H,3,5,10,12H2,1-2H3,(H,18,21);6,8-9,11,13,19H,2-3,5,12H2,1H3,(H,18,20);5,7-8,10,12,18H,2,4,9,11H2,1H3,(H,17,21)(H,19,20);4,6-7,9,11,17H,3,8,10H2,1H3,(H,16,20)(H,18,19)/b8-5-;;;;. The van der Waals surface area contributed by atoms with Gasteiger partial charge >= 0.3 is 17.9 Å². The number of amides is 5. The lowest BCUT2D eigenvalue weighted by atomic mass is 10.1. The van der Waals surface area contributed by atoms with E-state index < -0.39 is 11.9 Å². The number of nitriles is 1. The molecule has 0 saturated carbocycles. The number of Topliss-reactive ketones (excluding diaryl/α,β-unsaturated/α-hetero) is 1. The van der Waals surface area contributed by atoms with Crippen molar-refractivity contribution in [3.8, 4) is 53.4 Å². The SMILES string of the molecule is CC(CO)NC(=O)c1cccc(C#CCCC(=O)O)c1.CC(CO)NC(=O)c1cccc(C#CCCCC#N)c1.CC(CO)NC(=O)c1cccc(C#CCCCC(=O)O)c1.CCC(=O)CCC/C=C\c1cccc(C(=O)NC(C)CO)c1.COC(=O)CCCC#Cc1cccc(C(=O)NC(C)CO)c1. The van der Waals surface area contributed by atoms with Gasteiger partial charge in [0.1, 0.15) is 5.78 Å². The van der Waals surface area contributed by atoms with E-state index in [0.717, 1.165) is 36.0 Å². The van der Waals surface area contributed by atoms with Crippen LogP contribution in [0, 0.1) is 58.7 Å². The van der Waals surface area contributed by atoms with Crippen molar-refractivity contribution in [1.82, 2.24) is 26.6 Å². The molecule has 0 aliphatic heterocycles. The first-order valence-corrected chi connectivity index (χ1v) is 34.5. The fourth-order valence-corrected chi connectivity index (χ4v) is 8.15. The van der Waals surface area contributed by atoms with Gasteiger partial charge in [-0.15, -0.1) is 0 Å². The molecule has 0 spiro atoms. The maximum atomic E-state index is 12.0. The molecule has 0 fully saturated rings. The number of esters is 1. The number of unbranched alkanes of at least 4 members (excludes halogenated alkanes) is 5. The van der Waals surface area contributed by atoms with Crippen molar-refractivity contribution in [3.63, 3.8) is 0 Å². The third kappa shape index (κ3) is 44.7. The predicted molar refractivity (Wildman–Crippen MR) is 402 cm³/mol. The molecule has 560 valence electrons. The Kier molecular flexibility index (Phi) is 49.3. The van der Waals surface area contributed by atoms with E-state index >= 15 is 0 Å². The van der Waals surface area contributed by atoms with Gasteiger partial charge in [0, 0.05) is 138 Å². The average molecular weight is 1440 g/mol. The first-order valence-electron chi connectivity index (χ1n) is 34.5. The number of aliphatic carboxylic acids is 2. The van der Waals surface area contributed by atoms with Gasteiger partial charge in [-0.25, -0.2) is 0 Å². The Morgan fingerprint density at radius 1 is 0.419 bits per heavy atom. The van der Waals surface area contributed by atoms with Crippen LogP contribution in [0.4, 0.5) is 0 Å². The second-order valence-electron chi connectivity index (χ2n) is 23.7. The van der Waals surface area contributed by atoms with E-state index in [4.69, 9.17) is 41.0 Å². The second kappa shape index (κ2) is 56.4. The van der Waals surface area contributed by atoms with Gasteiger partial charge < -0.3 is 67.1 Å². The highest BCUT2D eigenvalue weighted by molar-refractivity contribution is 5.97. The van der Waals surface area contributed by atoms with Crippen LogP contribution in [0.5, 0.6) is 0 Å². The molecule has 23 heteroatoms. The number of hydrogen-bond donors (Lipinski definition) is 12. The van der Waals surface area contributed by atoms with Gasteiger partial charge in [0.2, 0.25) is 0 Å². The summed E-state index contributed by atoms with van der Waals surface area (Å²) in [7, 11) is 1.36. The summed E-state index contributed by atoms with van der Waals surface area (Å²) < 4.78 is 4.55. The number of hydrogen-bond acceptors (Lipinski definition) is 16. The molecule has 5 aromatic rings. The molecule has 5 amide bonds. The van der Waals surface area contributed by atoms with E-state index in [2.05, 4.69) is 84.8 Å². The molecular formula is C82H100N6O17. The van der Waals surface area contributed by atoms with Crippen molar-refractivity contribution in [3.05, 3.63) is 183 Å². The predicted octanol–water partition coefficient (Wildman–Crippen LogP) is 8.71. The van der Waals surface area contributed by atoms with Gasteiger partial charge in [-0.2, -0.15) is 5.26 Å². The van der Waals surface area contributed by atoms with E-state index in [1.165, 1.54) is 7.11 Å². The smallest absolute Gasteiger partial charge is 0.305 e.